The minimum absolute atomic E-state index is 0. The van der Waals surface area contributed by atoms with Crippen LogP contribution in [0.4, 0.5) is 0 Å². The van der Waals surface area contributed by atoms with Crippen molar-refractivity contribution in [3.8, 4) is 0 Å². The van der Waals surface area contributed by atoms with Crippen LogP contribution in [0.25, 0.3) is 0 Å². The Balaban J connectivity index is 0.00000380. The van der Waals surface area contributed by atoms with Crippen molar-refractivity contribution in [2.24, 2.45) is 0 Å². The Kier molecular flexibility index (Phi) is 10.5. The molecule has 200 valence electrons. The SMILES string of the molecule is CN[C@@H](C)C(=O)N[C@H]1CCCCC[C@H]2CC[C@@H](C(=O)NC(c3ccccc3)c3ccccc3)N2C1=O.Cl. The molecule has 0 spiro atoms. The summed E-state index contributed by atoms with van der Waals surface area (Å²) in [6.45, 7) is 1.77. The highest BCUT2D eigenvalue weighted by molar-refractivity contribution is 5.94. The van der Waals surface area contributed by atoms with E-state index in [0.29, 0.717) is 12.8 Å². The van der Waals surface area contributed by atoms with E-state index in [1.807, 2.05) is 60.7 Å². The molecular formula is C29H39ClN4O3. The molecule has 0 aliphatic carbocycles. The van der Waals surface area contributed by atoms with Crippen LogP contribution in [-0.4, -0.2) is 53.8 Å². The van der Waals surface area contributed by atoms with Gasteiger partial charge in [0.05, 0.1) is 12.1 Å². The maximum Gasteiger partial charge on any atom is 0.246 e. The molecule has 0 unspecified atom stereocenters. The van der Waals surface area contributed by atoms with E-state index in [9.17, 15) is 14.4 Å². The van der Waals surface area contributed by atoms with Gasteiger partial charge in [-0.2, -0.15) is 0 Å². The summed E-state index contributed by atoms with van der Waals surface area (Å²) in [5.74, 6) is -0.469. The zero-order chi connectivity index (χ0) is 25.5. The molecule has 2 aliphatic rings. The lowest BCUT2D eigenvalue weighted by atomic mass is 9.98. The minimum atomic E-state index is -0.610. The van der Waals surface area contributed by atoms with Crippen LogP contribution >= 0.6 is 12.4 Å². The van der Waals surface area contributed by atoms with Gasteiger partial charge in [-0.1, -0.05) is 79.9 Å². The molecule has 2 aromatic rings. The Morgan fingerprint density at radius 2 is 1.46 bits per heavy atom. The van der Waals surface area contributed by atoms with Gasteiger partial charge >= 0.3 is 0 Å². The van der Waals surface area contributed by atoms with Crippen molar-refractivity contribution < 1.29 is 14.4 Å². The van der Waals surface area contributed by atoms with Crippen LogP contribution in [0.5, 0.6) is 0 Å². The molecule has 3 N–H and O–H groups in total. The maximum absolute atomic E-state index is 13.8. The third kappa shape index (κ3) is 6.90. The van der Waals surface area contributed by atoms with E-state index in [4.69, 9.17) is 0 Å². The van der Waals surface area contributed by atoms with Crippen molar-refractivity contribution in [2.45, 2.75) is 82.1 Å². The van der Waals surface area contributed by atoms with Gasteiger partial charge in [0, 0.05) is 6.04 Å². The second-order valence-corrected chi connectivity index (χ2v) is 9.96. The second-order valence-electron chi connectivity index (χ2n) is 9.96. The van der Waals surface area contributed by atoms with Crippen LogP contribution in [0.3, 0.4) is 0 Å². The quantitative estimate of drug-likeness (QED) is 0.513. The Bertz CT molecular complexity index is 996. The van der Waals surface area contributed by atoms with Crippen LogP contribution in [0.1, 0.15) is 69.0 Å². The normalized spacial score (nSPS) is 22.6. The van der Waals surface area contributed by atoms with Gasteiger partial charge in [-0.05, 0) is 50.8 Å². The van der Waals surface area contributed by atoms with Crippen LogP contribution in [0.15, 0.2) is 60.7 Å². The molecule has 37 heavy (non-hydrogen) atoms. The molecule has 2 aliphatic heterocycles. The van der Waals surface area contributed by atoms with E-state index in [1.54, 1.807) is 18.9 Å². The fraction of sp³-hybridized carbons (Fsp3) is 0.483. The number of rotatable bonds is 7. The van der Waals surface area contributed by atoms with Gasteiger partial charge in [-0.15, -0.1) is 12.4 Å². The van der Waals surface area contributed by atoms with Gasteiger partial charge in [0.2, 0.25) is 17.7 Å². The standard InChI is InChI=1S/C29H38N4O3.ClH/c1-20(30-2)27(34)31-24-17-11-5-10-16-23-18-19-25(33(23)29(24)36)28(35)32-26(21-12-6-3-7-13-21)22-14-8-4-9-15-22;/h3-4,6-9,12-15,20,23-26,30H,5,10-11,16-19H2,1-2H3,(H,31,34)(H,32,35);1H/t20-,23-,24-,25-;/m0./s1. The Morgan fingerprint density at radius 3 is 2.05 bits per heavy atom. The minimum Gasteiger partial charge on any atom is -0.343 e. The zero-order valence-electron chi connectivity index (χ0n) is 21.7. The largest absolute Gasteiger partial charge is 0.343 e. The third-order valence-corrected chi connectivity index (χ3v) is 7.58. The van der Waals surface area contributed by atoms with Gasteiger partial charge < -0.3 is 20.9 Å². The first-order chi connectivity index (χ1) is 17.5. The summed E-state index contributed by atoms with van der Waals surface area (Å²) in [7, 11) is 1.72. The molecule has 8 heteroatoms. The van der Waals surface area contributed by atoms with Gasteiger partial charge in [0.1, 0.15) is 12.1 Å². The highest BCUT2D eigenvalue weighted by Crippen LogP contribution is 2.32. The topological polar surface area (TPSA) is 90.5 Å². The Morgan fingerprint density at radius 1 is 0.865 bits per heavy atom. The Labute approximate surface area is 226 Å². The number of likely N-dealkylation sites (N-methyl/N-ethyl adjacent to an activating group) is 1. The molecule has 3 amide bonds. The van der Waals surface area contributed by atoms with Crippen LogP contribution < -0.4 is 16.0 Å². The van der Waals surface area contributed by atoms with E-state index < -0.39 is 18.1 Å². The van der Waals surface area contributed by atoms with Gasteiger partial charge in [-0.3, -0.25) is 14.4 Å². The molecule has 0 saturated carbocycles. The number of halogens is 1. The van der Waals surface area contributed by atoms with Gasteiger partial charge in [0.15, 0.2) is 0 Å². The summed E-state index contributed by atoms with van der Waals surface area (Å²) in [5, 5.41) is 9.14. The molecule has 0 aromatic heterocycles. The molecule has 2 aromatic carbocycles. The van der Waals surface area contributed by atoms with Crippen LogP contribution in [-0.2, 0) is 14.4 Å². The van der Waals surface area contributed by atoms with E-state index in [-0.39, 0.29) is 42.2 Å². The van der Waals surface area contributed by atoms with Crippen molar-refractivity contribution >= 4 is 30.1 Å². The monoisotopic (exact) mass is 526 g/mol. The fourth-order valence-corrected chi connectivity index (χ4v) is 5.42. The van der Waals surface area contributed by atoms with Crippen molar-refractivity contribution in [3.05, 3.63) is 71.8 Å². The lowest BCUT2D eigenvalue weighted by molar-refractivity contribution is -0.143. The number of carbonyl (C=O) groups is 3. The van der Waals surface area contributed by atoms with Crippen molar-refractivity contribution in [1.29, 1.82) is 0 Å². The summed E-state index contributed by atoms with van der Waals surface area (Å²) in [6.07, 6.45) is 5.84. The number of nitrogens with one attached hydrogen (secondary N) is 3. The molecule has 2 saturated heterocycles. The molecule has 0 bridgehead atoms. The van der Waals surface area contributed by atoms with E-state index in [0.717, 1.165) is 43.2 Å². The molecule has 2 heterocycles. The Hall–Kier alpha value is -2.90. The molecule has 7 nitrogen and oxygen atoms in total. The lowest BCUT2D eigenvalue weighted by Crippen LogP contribution is -2.57. The van der Waals surface area contributed by atoms with Crippen molar-refractivity contribution in [2.75, 3.05) is 7.05 Å². The number of nitrogens with zero attached hydrogens (tertiary/aromatic N) is 1. The summed E-state index contributed by atoms with van der Waals surface area (Å²) in [5.41, 5.74) is 1.99. The number of carbonyl (C=O) groups excluding carboxylic acids is 3. The van der Waals surface area contributed by atoms with E-state index in [2.05, 4.69) is 16.0 Å². The number of amides is 3. The molecule has 4 rings (SSSR count). The van der Waals surface area contributed by atoms with Crippen LogP contribution in [0.2, 0.25) is 0 Å². The first kappa shape index (κ1) is 28.7. The highest BCUT2D eigenvalue weighted by atomic mass is 35.5. The zero-order valence-corrected chi connectivity index (χ0v) is 22.5. The van der Waals surface area contributed by atoms with E-state index >= 15 is 0 Å². The van der Waals surface area contributed by atoms with Crippen molar-refractivity contribution in [1.82, 2.24) is 20.9 Å². The number of hydrogen-bond acceptors (Lipinski definition) is 4. The average Bonchev–Trinajstić information content (AvgIpc) is 3.36. The summed E-state index contributed by atoms with van der Waals surface area (Å²) >= 11 is 0. The highest BCUT2D eigenvalue weighted by Gasteiger charge is 2.44. The fourth-order valence-electron chi connectivity index (χ4n) is 5.42. The lowest BCUT2D eigenvalue weighted by Gasteiger charge is -2.33. The molecule has 0 radical (unpaired) electrons. The number of fused-ring (bicyclic) bond motifs is 1. The molecule has 4 atom stereocenters. The summed E-state index contributed by atoms with van der Waals surface area (Å²) in [6, 6.07) is 18.0. The predicted octanol–water partition coefficient (Wildman–Crippen LogP) is 3.73. The first-order valence-corrected chi connectivity index (χ1v) is 13.2. The number of benzene rings is 2. The maximum atomic E-state index is 13.8. The van der Waals surface area contributed by atoms with Crippen molar-refractivity contribution in [3.63, 3.8) is 0 Å². The number of hydrogen-bond donors (Lipinski definition) is 3. The summed E-state index contributed by atoms with van der Waals surface area (Å²) < 4.78 is 0. The second kappa shape index (κ2) is 13.6. The predicted molar refractivity (Wildman–Crippen MR) is 147 cm³/mol. The average molecular weight is 527 g/mol. The third-order valence-electron chi connectivity index (χ3n) is 7.58. The van der Waals surface area contributed by atoms with Crippen LogP contribution in [0, 0.1) is 0 Å². The smallest absolute Gasteiger partial charge is 0.246 e. The molecule has 2 fully saturated rings. The van der Waals surface area contributed by atoms with E-state index in [1.165, 1.54) is 0 Å². The summed E-state index contributed by atoms with van der Waals surface area (Å²) in [4.78, 5) is 42.0. The van der Waals surface area contributed by atoms with Gasteiger partial charge in [-0.25, -0.2) is 0 Å². The van der Waals surface area contributed by atoms with Gasteiger partial charge in [0.25, 0.3) is 0 Å². The molecular weight excluding hydrogens is 488 g/mol. The first-order valence-electron chi connectivity index (χ1n) is 13.2.